The number of amides is 7. The van der Waals surface area contributed by atoms with Crippen molar-refractivity contribution in [2.75, 3.05) is 19.6 Å². The van der Waals surface area contributed by atoms with Crippen LogP contribution in [0.25, 0.3) is 0 Å². The van der Waals surface area contributed by atoms with Crippen molar-refractivity contribution in [1.29, 1.82) is 0 Å². The normalized spacial score (nSPS) is 16.5. The van der Waals surface area contributed by atoms with E-state index in [-0.39, 0.29) is 63.5 Å². The predicted octanol–water partition coefficient (Wildman–Crippen LogP) is -4.06. The summed E-state index contributed by atoms with van der Waals surface area (Å²) in [6.45, 7) is 6.34. The first-order chi connectivity index (χ1) is 25.6. The highest BCUT2D eigenvalue weighted by Crippen LogP contribution is 2.19. The Morgan fingerprint density at radius 2 is 1.44 bits per heavy atom. The lowest BCUT2D eigenvalue weighted by molar-refractivity contribution is -0.143. The van der Waals surface area contributed by atoms with Crippen LogP contribution in [-0.2, 0) is 43.2 Å². The smallest absolute Gasteiger partial charge is 0.326 e. The molecule has 0 aromatic carbocycles. The first-order valence-corrected chi connectivity index (χ1v) is 18.0. The molecule has 1 saturated heterocycles. The summed E-state index contributed by atoms with van der Waals surface area (Å²) in [7, 11) is 0. The Labute approximate surface area is 318 Å². The molecule has 7 amide bonds. The van der Waals surface area contributed by atoms with Crippen LogP contribution in [-0.4, -0.2) is 130 Å². The molecule has 310 valence electrons. The highest BCUT2D eigenvalue weighted by Gasteiger charge is 2.37. The first kappa shape index (κ1) is 47.5. The number of carboxylic acid groups (broad SMARTS) is 2. The van der Waals surface area contributed by atoms with E-state index in [0.717, 1.165) is 0 Å². The Bertz CT molecular complexity index is 1440. The minimum Gasteiger partial charge on any atom is -0.481 e. The molecule has 1 rings (SSSR count). The van der Waals surface area contributed by atoms with Crippen LogP contribution in [0.15, 0.2) is 4.99 Å². The number of nitrogens with one attached hydrogen (secondary N) is 5. The molecule has 6 atom stereocenters. The molecule has 0 saturated carbocycles. The number of nitrogens with zero attached hydrogens (tertiary/aromatic N) is 2. The van der Waals surface area contributed by atoms with Gasteiger partial charge < -0.3 is 64.6 Å². The maximum absolute atomic E-state index is 13.5. The van der Waals surface area contributed by atoms with Gasteiger partial charge in [0, 0.05) is 19.5 Å². The lowest BCUT2D eigenvalue weighted by Crippen LogP contribution is -2.59. The molecule has 0 radical (unpaired) electrons. The average Bonchev–Trinajstić information content (AvgIpc) is 3.58. The summed E-state index contributed by atoms with van der Waals surface area (Å²) in [5, 5.41) is 31.1. The van der Waals surface area contributed by atoms with E-state index >= 15 is 0 Å². The molecule has 0 spiro atoms. The average molecular weight is 784 g/mol. The topological polar surface area (TPSA) is 374 Å². The Hall–Kier alpha value is -5.54. The summed E-state index contributed by atoms with van der Waals surface area (Å²) in [4.78, 5) is 118. The van der Waals surface area contributed by atoms with Crippen LogP contribution >= 0.6 is 0 Å². The van der Waals surface area contributed by atoms with Crippen molar-refractivity contribution in [1.82, 2.24) is 31.5 Å². The van der Waals surface area contributed by atoms with Crippen LogP contribution in [0.1, 0.15) is 79.1 Å². The van der Waals surface area contributed by atoms with Gasteiger partial charge in [-0.25, -0.2) is 4.79 Å². The fourth-order valence-corrected chi connectivity index (χ4v) is 5.64. The van der Waals surface area contributed by atoms with Crippen LogP contribution in [0.2, 0.25) is 0 Å². The zero-order valence-corrected chi connectivity index (χ0v) is 31.7. The standard InChI is InChI=1S/C33H57N11O11/c1-16(2)13-20(28(50)43-26(17(3)4)30(52)41-19(32(54)55)7-5-11-38-33(36)37)42-27(49)21(14-25(47)48)40-24(46)15-39-29(51)22-8-6-12-44(22)31(53)18(34)9-10-23(35)45/h16-22,26H,5-15,34H2,1-4H3,(H2,35,45)(H,39,51)(H,40,46)(H,41,52)(H,42,49)(H,43,50)(H,47,48)(H,54,55)(H4,36,37,38)/t18-,19-,20-,21-,22-,26-/m0/s1. The number of nitrogens with two attached hydrogens (primary N) is 4. The van der Waals surface area contributed by atoms with Crippen LogP contribution < -0.4 is 49.5 Å². The van der Waals surface area contributed by atoms with E-state index < -0.39 is 108 Å². The minimum atomic E-state index is -1.70. The summed E-state index contributed by atoms with van der Waals surface area (Å²) in [5.74, 6) is -9.23. The molecule has 1 aliphatic rings. The second kappa shape index (κ2) is 23.3. The van der Waals surface area contributed by atoms with Crippen LogP contribution in [0, 0.1) is 11.8 Å². The maximum atomic E-state index is 13.5. The number of carbonyl (C=O) groups excluding carboxylic acids is 7. The maximum Gasteiger partial charge on any atom is 0.326 e. The second-order valence-corrected chi connectivity index (χ2v) is 14.0. The lowest BCUT2D eigenvalue weighted by atomic mass is 9.99. The monoisotopic (exact) mass is 783 g/mol. The van der Waals surface area contributed by atoms with Crippen molar-refractivity contribution in [3.05, 3.63) is 0 Å². The minimum absolute atomic E-state index is 0.0152. The van der Waals surface area contributed by atoms with Crippen molar-refractivity contribution in [2.24, 2.45) is 39.8 Å². The molecule has 1 aliphatic heterocycles. The van der Waals surface area contributed by atoms with Gasteiger partial charge in [0.2, 0.25) is 41.4 Å². The molecule has 22 nitrogen and oxygen atoms in total. The Morgan fingerprint density at radius 3 is 1.98 bits per heavy atom. The molecule has 22 heteroatoms. The van der Waals surface area contributed by atoms with Crippen molar-refractivity contribution in [3.8, 4) is 0 Å². The van der Waals surface area contributed by atoms with Crippen molar-refractivity contribution in [3.63, 3.8) is 0 Å². The Morgan fingerprint density at radius 1 is 0.818 bits per heavy atom. The summed E-state index contributed by atoms with van der Waals surface area (Å²) in [5.41, 5.74) is 21.6. The highest BCUT2D eigenvalue weighted by atomic mass is 16.4. The molecule has 0 aromatic rings. The summed E-state index contributed by atoms with van der Waals surface area (Å²) >= 11 is 0. The largest absolute Gasteiger partial charge is 0.481 e. The van der Waals surface area contributed by atoms with Gasteiger partial charge in [-0.15, -0.1) is 0 Å². The van der Waals surface area contributed by atoms with Gasteiger partial charge in [0.25, 0.3) is 0 Å². The number of guanidine groups is 1. The molecular weight excluding hydrogens is 726 g/mol. The number of hydrogen-bond acceptors (Lipinski definition) is 11. The van der Waals surface area contributed by atoms with Crippen molar-refractivity contribution < 1.29 is 53.4 Å². The predicted molar refractivity (Wildman–Crippen MR) is 196 cm³/mol. The molecule has 15 N–H and O–H groups in total. The third-order valence-electron chi connectivity index (χ3n) is 8.46. The zero-order valence-electron chi connectivity index (χ0n) is 31.7. The van der Waals surface area contributed by atoms with E-state index in [1.807, 2.05) is 0 Å². The van der Waals surface area contributed by atoms with Gasteiger partial charge in [-0.3, -0.25) is 43.3 Å². The van der Waals surface area contributed by atoms with E-state index in [2.05, 4.69) is 31.6 Å². The van der Waals surface area contributed by atoms with E-state index in [9.17, 15) is 53.4 Å². The molecule has 0 unspecified atom stereocenters. The molecule has 55 heavy (non-hydrogen) atoms. The van der Waals surface area contributed by atoms with Crippen LogP contribution in [0.3, 0.4) is 0 Å². The van der Waals surface area contributed by atoms with Gasteiger partial charge in [0.15, 0.2) is 5.96 Å². The number of aliphatic carboxylic acids is 2. The third-order valence-corrected chi connectivity index (χ3v) is 8.46. The van der Waals surface area contributed by atoms with Gasteiger partial charge >= 0.3 is 11.9 Å². The van der Waals surface area contributed by atoms with E-state index in [1.165, 1.54) is 4.90 Å². The number of rotatable bonds is 24. The van der Waals surface area contributed by atoms with Crippen molar-refractivity contribution >= 4 is 59.2 Å². The first-order valence-electron chi connectivity index (χ1n) is 18.0. The van der Waals surface area contributed by atoms with Crippen LogP contribution in [0.5, 0.6) is 0 Å². The van der Waals surface area contributed by atoms with Crippen molar-refractivity contribution in [2.45, 2.75) is 115 Å². The zero-order chi connectivity index (χ0) is 42.0. The van der Waals surface area contributed by atoms with E-state index in [0.29, 0.717) is 6.42 Å². The number of aliphatic imine (C=N–C) groups is 1. The summed E-state index contributed by atoms with van der Waals surface area (Å²) in [6.07, 6.45) is -0.0586. The van der Waals surface area contributed by atoms with Gasteiger partial charge in [0.05, 0.1) is 19.0 Å². The van der Waals surface area contributed by atoms with Crippen LogP contribution in [0.4, 0.5) is 0 Å². The number of carbonyl (C=O) groups is 9. The van der Waals surface area contributed by atoms with Gasteiger partial charge in [0.1, 0.15) is 30.2 Å². The summed E-state index contributed by atoms with van der Waals surface area (Å²) < 4.78 is 0. The number of likely N-dealkylation sites (tertiary alicyclic amines) is 1. The van der Waals surface area contributed by atoms with E-state index in [1.54, 1.807) is 27.7 Å². The lowest BCUT2D eigenvalue weighted by Gasteiger charge is -2.28. The van der Waals surface area contributed by atoms with E-state index in [4.69, 9.17) is 22.9 Å². The van der Waals surface area contributed by atoms with Gasteiger partial charge in [-0.2, -0.15) is 0 Å². The summed E-state index contributed by atoms with van der Waals surface area (Å²) in [6, 6.07) is -7.61. The molecule has 1 heterocycles. The fraction of sp³-hybridized carbons (Fsp3) is 0.697. The molecule has 0 aliphatic carbocycles. The Kier molecular flexibility index (Phi) is 20.1. The molecule has 1 fully saturated rings. The molecule has 0 aromatic heterocycles. The molecular formula is C33H57N11O11. The molecule has 0 bridgehead atoms. The second-order valence-electron chi connectivity index (χ2n) is 14.0. The van der Waals surface area contributed by atoms with Gasteiger partial charge in [-0.1, -0.05) is 27.7 Å². The third kappa shape index (κ3) is 17.4. The SMILES string of the molecule is CC(C)C[C@H](NC(=O)[C@H](CC(=O)O)NC(=O)CNC(=O)[C@@H]1CCCN1C(=O)[C@@H](N)CCC(N)=O)C(=O)N[C@H](C(=O)N[C@@H](CCCN=C(N)N)C(=O)O)C(C)C. The number of primary amides is 1. The number of carboxylic acids is 2. The quantitative estimate of drug-likeness (QED) is 0.0252. The fourth-order valence-electron chi connectivity index (χ4n) is 5.64. The Balaban J connectivity index is 3.00. The number of hydrogen-bond donors (Lipinski definition) is 11. The van der Waals surface area contributed by atoms with Gasteiger partial charge in [-0.05, 0) is 50.4 Å². The highest BCUT2D eigenvalue weighted by molar-refractivity contribution is 5.97.